The first-order valence-corrected chi connectivity index (χ1v) is 14.4. The monoisotopic (exact) mass is 678 g/mol. The minimum absolute atomic E-state index is 0.0502. The molecule has 48 heavy (non-hydrogen) atoms. The number of nitrogens with one attached hydrogen (secondary N) is 1. The molecule has 0 spiro atoms. The molecule has 6 rings (SSSR count). The molecule has 0 saturated heterocycles. The summed E-state index contributed by atoms with van der Waals surface area (Å²) in [5.74, 6) is -4.95. The Morgan fingerprint density at radius 1 is 1.12 bits per heavy atom. The topological polar surface area (TPSA) is 137 Å². The quantitative estimate of drug-likeness (QED) is 0.203. The summed E-state index contributed by atoms with van der Waals surface area (Å²) in [6.45, 7) is -0.682. The molecule has 0 unspecified atom stereocenters. The van der Waals surface area contributed by atoms with Crippen LogP contribution in [0, 0.1) is 11.6 Å². The molecule has 1 aliphatic heterocycles. The van der Waals surface area contributed by atoms with E-state index >= 15 is 0 Å². The summed E-state index contributed by atoms with van der Waals surface area (Å²) in [4.78, 5) is 33.7. The van der Waals surface area contributed by atoms with Crippen molar-refractivity contribution < 1.29 is 54.9 Å². The molecule has 1 saturated carbocycles. The smallest absolute Gasteiger partial charge is 0.424 e. The van der Waals surface area contributed by atoms with Gasteiger partial charge < -0.3 is 25.6 Å². The third-order valence-electron chi connectivity index (χ3n) is 8.31. The molecule has 1 fully saturated rings. The Kier molecular flexibility index (Phi) is 7.97. The van der Waals surface area contributed by atoms with Gasteiger partial charge in [-0.2, -0.15) is 13.2 Å². The normalized spacial score (nSPS) is 18.7. The van der Waals surface area contributed by atoms with Crippen molar-refractivity contribution >= 4 is 22.7 Å². The zero-order valence-corrected chi connectivity index (χ0v) is 24.8. The standard InChI is InChI=1S/C32H25F7N4O5/c1-30(29(40)45)13-47-26-19(30)10-23(43-25(26)14-2-5-20(33)21(34)8-14)31(46,32(37,38)39)12-42-28(44)16-6-15-7-17(27(35)36)11-41-24(15)22(9-16)48-18-3-4-18/h2,5-11,18,27,46H,3-4,12-13H2,1H3,(H2,40,45)(H,42,44)/t30-,31-/m0/s1. The van der Waals surface area contributed by atoms with Crippen LogP contribution in [0.1, 0.15) is 53.4 Å². The fourth-order valence-corrected chi connectivity index (χ4v) is 5.22. The fraction of sp³-hybridized carbons (Fsp3) is 0.312. The number of hydrogen-bond donors (Lipinski definition) is 3. The molecule has 3 heterocycles. The molecular formula is C32H25F7N4O5. The van der Waals surface area contributed by atoms with Crippen molar-refractivity contribution in [2.24, 2.45) is 5.73 Å². The van der Waals surface area contributed by atoms with Gasteiger partial charge >= 0.3 is 6.18 Å². The van der Waals surface area contributed by atoms with Gasteiger partial charge in [0.25, 0.3) is 12.3 Å². The van der Waals surface area contributed by atoms with Crippen molar-refractivity contribution in [3.63, 3.8) is 0 Å². The van der Waals surface area contributed by atoms with E-state index in [1.165, 1.54) is 13.0 Å². The van der Waals surface area contributed by atoms with Gasteiger partial charge in [-0.05, 0) is 62.2 Å². The van der Waals surface area contributed by atoms with Gasteiger partial charge in [0, 0.05) is 33.8 Å². The van der Waals surface area contributed by atoms with Crippen molar-refractivity contribution in [1.82, 2.24) is 15.3 Å². The van der Waals surface area contributed by atoms with Gasteiger partial charge in [0.2, 0.25) is 11.5 Å². The molecule has 4 aromatic rings. The number of hydrogen-bond acceptors (Lipinski definition) is 7. The minimum Gasteiger partial charge on any atom is -0.489 e. The summed E-state index contributed by atoms with van der Waals surface area (Å²) in [6.07, 6.45) is -6.31. The molecular weight excluding hydrogens is 653 g/mol. The maximum Gasteiger partial charge on any atom is 0.424 e. The number of carbonyl (C=O) groups is 2. The molecule has 9 nitrogen and oxygen atoms in total. The largest absolute Gasteiger partial charge is 0.489 e. The molecule has 0 radical (unpaired) electrons. The maximum atomic E-state index is 14.8. The average molecular weight is 679 g/mol. The van der Waals surface area contributed by atoms with Crippen LogP contribution in [0.15, 0.2) is 48.7 Å². The SMILES string of the molecule is C[C@]1(C(N)=O)COc2c1cc([C@@](O)(CNC(=O)c1cc(OC3CC3)c3ncc(C(F)F)cc3c1)C(F)(F)F)nc2-c1ccc(F)c(F)c1. The number of alkyl halides is 5. The predicted octanol–water partition coefficient (Wildman–Crippen LogP) is 5.37. The van der Waals surface area contributed by atoms with Crippen molar-refractivity contribution in [3.05, 3.63) is 82.7 Å². The van der Waals surface area contributed by atoms with Crippen molar-refractivity contribution in [2.45, 2.75) is 49.5 Å². The van der Waals surface area contributed by atoms with Gasteiger partial charge in [-0.1, -0.05) is 0 Å². The Morgan fingerprint density at radius 2 is 1.85 bits per heavy atom. The summed E-state index contributed by atoms with van der Waals surface area (Å²) < 4.78 is 110. The molecule has 4 N–H and O–H groups in total. The average Bonchev–Trinajstić information content (AvgIpc) is 3.79. The highest BCUT2D eigenvalue weighted by atomic mass is 19.4. The molecule has 16 heteroatoms. The number of nitrogens with two attached hydrogens (primary N) is 1. The summed E-state index contributed by atoms with van der Waals surface area (Å²) in [5.41, 5.74) is -2.72. The number of amides is 2. The van der Waals surface area contributed by atoms with Gasteiger partial charge in [0.05, 0.1) is 18.3 Å². The highest BCUT2D eigenvalue weighted by molar-refractivity contribution is 6.00. The van der Waals surface area contributed by atoms with Crippen LogP contribution in [0.25, 0.3) is 22.2 Å². The van der Waals surface area contributed by atoms with Crippen LogP contribution < -0.4 is 20.5 Å². The Morgan fingerprint density at radius 3 is 2.48 bits per heavy atom. The molecule has 2 aromatic heterocycles. The van der Waals surface area contributed by atoms with Crippen LogP contribution >= 0.6 is 0 Å². The van der Waals surface area contributed by atoms with E-state index in [9.17, 15) is 45.4 Å². The van der Waals surface area contributed by atoms with Gasteiger partial charge in [0.15, 0.2) is 11.6 Å². The fourth-order valence-electron chi connectivity index (χ4n) is 5.22. The van der Waals surface area contributed by atoms with Crippen LogP contribution in [0.2, 0.25) is 0 Å². The molecule has 2 aliphatic rings. The summed E-state index contributed by atoms with van der Waals surface area (Å²) in [5, 5.41) is 13.3. The predicted molar refractivity (Wildman–Crippen MR) is 154 cm³/mol. The van der Waals surface area contributed by atoms with E-state index in [1.54, 1.807) is 0 Å². The molecule has 2 atom stereocenters. The van der Waals surface area contributed by atoms with Crippen molar-refractivity contribution in [1.29, 1.82) is 0 Å². The second kappa shape index (κ2) is 11.6. The zero-order chi connectivity index (χ0) is 34.8. The Balaban J connectivity index is 1.41. The van der Waals surface area contributed by atoms with E-state index < -0.39 is 77.2 Å². The number of rotatable bonds is 9. The first-order valence-electron chi connectivity index (χ1n) is 14.4. The second-order valence-electron chi connectivity index (χ2n) is 11.8. The van der Waals surface area contributed by atoms with Gasteiger partial charge in [-0.3, -0.25) is 14.6 Å². The zero-order valence-electron chi connectivity index (χ0n) is 24.8. The molecule has 2 amide bonds. The Hall–Kier alpha value is -4.99. The van der Waals surface area contributed by atoms with Gasteiger partial charge in [-0.15, -0.1) is 0 Å². The van der Waals surface area contributed by atoms with Gasteiger partial charge in [-0.25, -0.2) is 22.5 Å². The first-order chi connectivity index (χ1) is 22.5. The number of fused-ring (bicyclic) bond motifs is 2. The number of aromatic nitrogens is 2. The lowest BCUT2D eigenvalue weighted by Gasteiger charge is -2.31. The van der Waals surface area contributed by atoms with Crippen LogP contribution in [0.5, 0.6) is 11.5 Å². The van der Waals surface area contributed by atoms with E-state index in [2.05, 4.69) is 9.97 Å². The number of halogens is 7. The van der Waals surface area contributed by atoms with Crippen LogP contribution in [-0.2, 0) is 15.8 Å². The number of nitrogens with zero attached hydrogens (tertiary/aromatic N) is 2. The van der Waals surface area contributed by atoms with Crippen LogP contribution in [0.3, 0.4) is 0 Å². The second-order valence-corrected chi connectivity index (χ2v) is 11.8. The van der Waals surface area contributed by atoms with Crippen molar-refractivity contribution in [3.8, 4) is 22.8 Å². The number of aliphatic hydroxyl groups is 1. The summed E-state index contributed by atoms with van der Waals surface area (Å²) >= 11 is 0. The number of pyridine rings is 2. The van der Waals surface area contributed by atoms with E-state index in [0.29, 0.717) is 25.0 Å². The van der Waals surface area contributed by atoms with E-state index in [0.717, 1.165) is 30.5 Å². The summed E-state index contributed by atoms with van der Waals surface area (Å²) in [7, 11) is 0. The number of benzene rings is 2. The van der Waals surface area contributed by atoms with E-state index in [4.69, 9.17) is 15.2 Å². The van der Waals surface area contributed by atoms with Crippen LogP contribution in [0.4, 0.5) is 30.7 Å². The third kappa shape index (κ3) is 5.73. The minimum atomic E-state index is -5.52. The van der Waals surface area contributed by atoms with Gasteiger partial charge in [0.1, 0.15) is 34.7 Å². The highest BCUT2D eigenvalue weighted by Gasteiger charge is 2.57. The van der Waals surface area contributed by atoms with E-state index in [-0.39, 0.29) is 45.2 Å². The third-order valence-corrected chi connectivity index (χ3v) is 8.31. The Bertz CT molecular complexity index is 1970. The van der Waals surface area contributed by atoms with Crippen LogP contribution in [-0.4, -0.2) is 52.3 Å². The summed E-state index contributed by atoms with van der Waals surface area (Å²) in [6, 6.07) is 6.52. The molecule has 1 aliphatic carbocycles. The van der Waals surface area contributed by atoms with E-state index in [1.807, 2.05) is 5.32 Å². The lowest BCUT2D eigenvalue weighted by Crippen LogP contribution is -2.51. The van der Waals surface area contributed by atoms with Crippen molar-refractivity contribution in [2.75, 3.05) is 13.2 Å². The highest BCUT2D eigenvalue weighted by Crippen LogP contribution is 2.48. The number of ether oxygens (including phenoxy) is 2. The molecule has 2 aromatic carbocycles. The molecule has 252 valence electrons. The number of carbonyl (C=O) groups excluding carboxylic acids is 2. The molecule has 0 bridgehead atoms. The maximum absolute atomic E-state index is 14.8. The number of primary amides is 1. The lowest BCUT2D eigenvalue weighted by molar-refractivity contribution is -0.265. The Labute approximate surface area is 266 Å². The lowest BCUT2D eigenvalue weighted by atomic mass is 9.81. The first kappa shape index (κ1) is 32.9.